The molecule has 0 fully saturated rings. The zero-order chi connectivity index (χ0) is 12.1. The molecule has 0 radical (unpaired) electrons. The number of hydrogen-bond acceptors (Lipinski definition) is 3. The molecule has 4 nitrogen and oxygen atoms in total. The second kappa shape index (κ2) is 5.63. The third-order valence-electron chi connectivity index (χ3n) is 2.68. The molecule has 0 saturated carbocycles. The lowest BCUT2D eigenvalue weighted by Gasteiger charge is -2.27. The van der Waals surface area contributed by atoms with Crippen molar-refractivity contribution < 1.29 is 15.0 Å². The molecule has 0 aromatic heterocycles. The van der Waals surface area contributed by atoms with Crippen molar-refractivity contribution in [2.45, 2.75) is 19.1 Å². The zero-order valence-corrected chi connectivity index (χ0v) is 9.50. The van der Waals surface area contributed by atoms with Gasteiger partial charge in [-0.15, -0.1) is 0 Å². The van der Waals surface area contributed by atoms with Gasteiger partial charge in [0, 0.05) is 6.04 Å². The fourth-order valence-corrected chi connectivity index (χ4v) is 1.53. The van der Waals surface area contributed by atoms with E-state index in [2.05, 4.69) is 0 Å². The quantitative estimate of drug-likeness (QED) is 0.785. The van der Waals surface area contributed by atoms with E-state index in [1.54, 1.807) is 18.9 Å². The van der Waals surface area contributed by atoms with E-state index in [0.717, 1.165) is 5.56 Å². The van der Waals surface area contributed by atoms with Crippen LogP contribution in [0.5, 0.6) is 0 Å². The zero-order valence-electron chi connectivity index (χ0n) is 9.50. The first-order chi connectivity index (χ1) is 7.52. The molecule has 0 saturated heterocycles. The van der Waals surface area contributed by atoms with Crippen LogP contribution in [-0.2, 0) is 4.79 Å². The van der Waals surface area contributed by atoms with Gasteiger partial charge in [0.15, 0.2) is 0 Å². The van der Waals surface area contributed by atoms with Crippen LogP contribution >= 0.6 is 0 Å². The molecule has 1 unspecified atom stereocenters. The molecular formula is C12H17NO3. The normalized spacial score (nSPS) is 14.8. The third kappa shape index (κ3) is 3.32. The molecule has 0 heterocycles. The lowest BCUT2D eigenvalue weighted by atomic mass is 10.0. The number of carboxylic acid groups (broad SMARTS) is 1. The van der Waals surface area contributed by atoms with Crippen molar-refractivity contribution in [3.63, 3.8) is 0 Å². The van der Waals surface area contributed by atoms with E-state index in [9.17, 15) is 9.90 Å². The summed E-state index contributed by atoms with van der Waals surface area (Å²) in [4.78, 5) is 12.2. The Morgan fingerprint density at radius 2 is 1.94 bits per heavy atom. The van der Waals surface area contributed by atoms with E-state index < -0.39 is 12.1 Å². The first-order valence-corrected chi connectivity index (χ1v) is 5.17. The molecule has 1 aromatic carbocycles. The summed E-state index contributed by atoms with van der Waals surface area (Å²) in [6.45, 7) is 1.73. The van der Waals surface area contributed by atoms with Gasteiger partial charge in [-0.25, -0.2) is 0 Å². The summed E-state index contributed by atoms with van der Waals surface area (Å²) >= 11 is 0. The summed E-state index contributed by atoms with van der Waals surface area (Å²) < 4.78 is 0. The summed E-state index contributed by atoms with van der Waals surface area (Å²) in [5.74, 6) is -0.894. The molecule has 2 N–H and O–H groups in total. The molecule has 88 valence electrons. The van der Waals surface area contributed by atoms with Crippen molar-refractivity contribution in [3.05, 3.63) is 35.9 Å². The summed E-state index contributed by atoms with van der Waals surface area (Å²) in [7, 11) is 1.69. The smallest absolute Gasteiger partial charge is 0.317 e. The second-order valence-corrected chi connectivity index (χ2v) is 3.90. The molecule has 16 heavy (non-hydrogen) atoms. The number of carbonyl (C=O) groups is 1. The minimum Gasteiger partial charge on any atom is -0.480 e. The standard InChI is InChI=1S/C12H17NO3/c1-9(13(2)8-11(14)15)12(16)10-6-4-3-5-7-10/h3-7,9,12,16H,8H2,1-2H3,(H,14,15)/t9?,12-/m0/s1. The lowest BCUT2D eigenvalue weighted by molar-refractivity contribution is -0.138. The van der Waals surface area contributed by atoms with E-state index in [4.69, 9.17) is 5.11 Å². The lowest BCUT2D eigenvalue weighted by Crippen LogP contribution is -2.37. The SMILES string of the molecule is CC([C@H](O)c1ccccc1)N(C)CC(=O)O. The maximum absolute atomic E-state index is 10.5. The van der Waals surface area contributed by atoms with Gasteiger partial charge in [0.05, 0.1) is 12.6 Å². The van der Waals surface area contributed by atoms with Gasteiger partial charge in [0.25, 0.3) is 0 Å². The Balaban J connectivity index is 2.67. The summed E-state index contributed by atoms with van der Waals surface area (Å²) in [5.41, 5.74) is 0.798. The van der Waals surface area contributed by atoms with Crippen LogP contribution in [0.1, 0.15) is 18.6 Å². The Hall–Kier alpha value is -1.39. The average Bonchev–Trinajstić information content (AvgIpc) is 2.27. The number of nitrogens with zero attached hydrogens (tertiary/aromatic N) is 1. The van der Waals surface area contributed by atoms with Gasteiger partial charge in [0.2, 0.25) is 0 Å². The number of aliphatic hydroxyl groups excluding tert-OH is 1. The number of carboxylic acids is 1. The highest BCUT2D eigenvalue weighted by Crippen LogP contribution is 2.19. The van der Waals surface area contributed by atoms with Gasteiger partial charge in [-0.3, -0.25) is 9.69 Å². The fourth-order valence-electron chi connectivity index (χ4n) is 1.53. The predicted octanol–water partition coefficient (Wildman–Crippen LogP) is 1.12. The van der Waals surface area contributed by atoms with Crippen LogP contribution in [0.15, 0.2) is 30.3 Å². The first-order valence-electron chi connectivity index (χ1n) is 5.17. The van der Waals surface area contributed by atoms with Crippen LogP contribution in [0.2, 0.25) is 0 Å². The molecule has 4 heteroatoms. The Morgan fingerprint density at radius 3 is 2.44 bits per heavy atom. The molecule has 1 aromatic rings. The summed E-state index contributed by atoms with van der Waals surface area (Å²) in [5, 5.41) is 18.7. The molecule has 0 amide bonds. The van der Waals surface area contributed by atoms with E-state index in [-0.39, 0.29) is 12.6 Å². The Labute approximate surface area is 95.1 Å². The van der Waals surface area contributed by atoms with Gasteiger partial charge in [-0.05, 0) is 19.5 Å². The van der Waals surface area contributed by atoms with Crippen LogP contribution < -0.4 is 0 Å². The van der Waals surface area contributed by atoms with Crippen molar-refractivity contribution in [2.75, 3.05) is 13.6 Å². The molecule has 0 aliphatic rings. The Kier molecular flexibility index (Phi) is 4.46. The number of benzene rings is 1. The van der Waals surface area contributed by atoms with Crippen molar-refractivity contribution in [1.82, 2.24) is 4.90 Å². The minimum absolute atomic E-state index is 0.0783. The molecular weight excluding hydrogens is 206 g/mol. The highest BCUT2D eigenvalue weighted by molar-refractivity contribution is 5.69. The molecule has 2 atom stereocenters. The van der Waals surface area contributed by atoms with Crippen LogP contribution in [0.25, 0.3) is 0 Å². The third-order valence-corrected chi connectivity index (χ3v) is 2.68. The largest absolute Gasteiger partial charge is 0.480 e. The summed E-state index contributed by atoms with van der Waals surface area (Å²) in [6.07, 6.45) is -0.675. The summed E-state index contributed by atoms with van der Waals surface area (Å²) in [6, 6.07) is 9.00. The topological polar surface area (TPSA) is 60.8 Å². The van der Waals surface area contributed by atoms with E-state index in [1.165, 1.54) is 0 Å². The van der Waals surface area contributed by atoms with Crippen LogP contribution in [-0.4, -0.2) is 40.7 Å². The maximum atomic E-state index is 10.5. The van der Waals surface area contributed by atoms with Gasteiger partial charge in [-0.1, -0.05) is 30.3 Å². The molecule has 0 aliphatic heterocycles. The first kappa shape index (κ1) is 12.7. The van der Waals surface area contributed by atoms with Gasteiger partial charge >= 0.3 is 5.97 Å². The molecule has 0 aliphatic carbocycles. The van der Waals surface area contributed by atoms with E-state index in [0.29, 0.717) is 0 Å². The molecule has 1 rings (SSSR count). The number of likely N-dealkylation sites (N-methyl/N-ethyl adjacent to an activating group) is 1. The van der Waals surface area contributed by atoms with Crippen molar-refractivity contribution in [2.24, 2.45) is 0 Å². The maximum Gasteiger partial charge on any atom is 0.317 e. The van der Waals surface area contributed by atoms with Gasteiger partial charge < -0.3 is 10.2 Å². The monoisotopic (exact) mass is 223 g/mol. The number of aliphatic hydroxyl groups is 1. The average molecular weight is 223 g/mol. The van der Waals surface area contributed by atoms with Gasteiger partial charge in [0.1, 0.15) is 0 Å². The number of hydrogen-bond donors (Lipinski definition) is 2. The van der Waals surface area contributed by atoms with Crippen molar-refractivity contribution >= 4 is 5.97 Å². The highest BCUT2D eigenvalue weighted by Gasteiger charge is 2.21. The van der Waals surface area contributed by atoms with Gasteiger partial charge in [-0.2, -0.15) is 0 Å². The minimum atomic E-state index is -0.894. The Morgan fingerprint density at radius 1 is 1.38 bits per heavy atom. The number of aliphatic carboxylic acids is 1. The van der Waals surface area contributed by atoms with Crippen molar-refractivity contribution in [1.29, 1.82) is 0 Å². The number of rotatable bonds is 5. The second-order valence-electron chi connectivity index (χ2n) is 3.90. The predicted molar refractivity (Wildman–Crippen MR) is 61.1 cm³/mol. The highest BCUT2D eigenvalue weighted by atomic mass is 16.4. The van der Waals surface area contributed by atoms with Crippen LogP contribution in [0.3, 0.4) is 0 Å². The van der Waals surface area contributed by atoms with E-state index >= 15 is 0 Å². The van der Waals surface area contributed by atoms with E-state index in [1.807, 2.05) is 30.3 Å². The molecule has 0 bridgehead atoms. The van der Waals surface area contributed by atoms with Crippen LogP contribution in [0, 0.1) is 0 Å². The molecule has 0 spiro atoms. The Bertz CT molecular complexity index is 339. The fraction of sp³-hybridized carbons (Fsp3) is 0.417. The van der Waals surface area contributed by atoms with Crippen LogP contribution in [0.4, 0.5) is 0 Å². The van der Waals surface area contributed by atoms with Crippen molar-refractivity contribution in [3.8, 4) is 0 Å².